The van der Waals surface area contributed by atoms with Crippen LogP contribution < -0.4 is 5.73 Å². The summed E-state index contributed by atoms with van der Waals surface area (Å²) >= 11 is 0. The summed E-state index contributed by atoms with van der Waals surface area (Å²) in [5.41, 5.74) is 7.83. The fourth-order valence-corrected chi connectivity index (χ4v) is 3.27. The van der Waals surface area contributed by atoms with Crippen LogP contribution in [0.4, 0.5) is 0 Å². The molecule has 0 aliphatic rings. The zero-order valence-electron chi connectivity index (χ0n) is 12.5. The second-order valence-corrected chi connectivity index (χ2v) is 7.33. The quantitative estimate of drug-likeness (QED) is 0.829. The summed E-state index contributed by atoms with van der Waals surface area (Å²) in [7, 11) is 0. The van der Waals surface area contributed by atoms with Crippen LogP contribution in [-0.2, 0) is 0 Å². The number of benzene rings is 1. The lowest BCUT2D eigenvalue weighted by molar-refractivity contribution is 0.0750. The summed E-state index contributed by atoms with van der Waals surface area (Å²) in [5, 5.41) is 9.36. The summed E-state index contributed by atoms with van der Waals surface area (Å²) < 4.78 is 0. The summed E-state index contributed by atoms with van der Waals surface area (Å²) in [6, 6.07) is 7.23. The van der Waals surface area contributed by atoms with Crippen LogP contribution in [0.15, 0.2) is 24.3 Å². The average Bonchev–Trinajstić information content (AvgIpc) is 2.13. The molecule has 0 heterocycles. The van der Waals surface area contributed by atoms with Gasteiger partial charge in [0.05, 0.1) is 0 Å². The van der Waals surface area contributed by atoms with Crippen LogP contribution in [-0.4, -0.2) is 5.11 Å². The molecule has 0 spiro atoms. The lowest BCUT2D eigenvalue weighted by Crippen LogP contribution is -2.40. The minimum Gasteiger partial charge on any atom is -0.508 e. The molecule has 0 aliphatic heterocycles. The maximum Gasteiger partial charge on any atom is 0.115 e. The first-order valence-electron chi connectivity index (χ1n) is 6.58. The molecular weight excluding hydrogens is 222 g/mol. The molecule has 0 aromatic heterocycles. The van der Waals surface area contributed by atoms with Crippen molar-refractivity contribution in [2.24, 2.45) is 22.5 Å². The van der Waals surface area contributed by atoms with Crippen molar-refractivity contribution in [3.05, 3.63) is 29.8 Å². The van der Waals surface area contributed by atoms with Gasteiger partial charge in [0.2, 0.25) is 0 Å². The van der Waals surface area contributed by atoms with E-state index in [1.807, 2.05) is 12.1 Å². The highest BCUT2D eigenvalue weighted by Gasteiger charge is 2.39. The van der Waals surface area contributed by atoms with Crippen molar-refractivity contribution < 1.29 is 5.11 Å². The Hall–Kier alpha value is -1.02. The molecule has 1 atom stereocenters. The first-order chi connectivity index (χ1) is 8.03. The molecule has 1 aromatic rings. The van der Waals surface area contributed by atoms with Crippen molar-refractivity contribution in [3.63, 3.8) is 0 Å². The van der Waals surface area contributed by atoms with E-state index in [1.165, 1.54) is 0 Å². The normalized spacial score (nSPS) is 14.9. The van der Waals surface area contributed by atoms with E-state index in [-0.39, 0.29) is 22.6 Å². The SMILES string of the molecule is CC(C)(C)C(C(N)c1ccc(O)cc1)C(C)(C)C. The third-order valence-corrected chi connectivity index (χ3v) is 3.50. The van der Waals surface area contributed by atoms with Crippen LogP contribution in [0.2, 0.25) is 0 Å². The van der Waals surface area contributed by atoms with Crippen molar-refractivity contribution in [1.82, 2.24) is 0 Å². The van der Waals surface area contributed by atoms with E-state index in [4.69, 9.17) is 5.73 Å². The maximum atomic E-state index is 9.36. The topological polar surface area (TPSA) is 46.2 Å². The van der Waals surface area contributed by atoms with Gasteiger partial charge in [-0.3, -0.25) is 0 Å². The Labute approximate surface area is 111 Å². The van der Waals surface area contributed by atoms with Crippen LogP contribution in [0, 0.1) is 16.7 Å². The molecule has 102 valence electrons. The van der Waals surface area contributed by atoms with E-state index in [0.717, 1.165) is 5.56 Å². The number of phenolic OH excluding ortho intramolecular Hbond substituents is 1. The van der Waals surface area contributed by atoms with Gasteiger partial charge in [0, 0.05) is 6.04 Å². The summed E-state index contributed by atoms with van der Waals surface area (Å²) in [6.45, 7) is 13.4. The van der Waals surface area contributed by atoms with Crippen LogP contribution in [0.1, 0.15) is 53.1 Å². The highest BCUT2D eigenvalue weighted by atomic mass is 16.3. The highest BCUT2D eigenvalue weighted by Crippen LogP contribution is 2.46. The Bertz CT molecular complexity index is 367. The predicted octanol–water partition coefficient (Wildman–Crippen LogP) is 4.10. The zero-order valence-corrected chi connectivity index (χ0v) is 12.5. The Morgan fingerprint density at radius 2 is 1.28 bits per heavy atom. The molecule has 18 heavy (non-hydrogen) atoms. The van der Waals surface area contributed by atoms with Crippen LogP contribution in [0.25, 0.3) is 0 Å². The molecule has 3 N–H and O–H groups in total. The van der Waals surface area contributed by atoms with Gasteiger partial charge in [-0.05, 0) is 34.4 Å². The van der Waals surface area contributed by atoms with Gasteiger partial charge in [-0.25, -0.2) is 0 Å². The molecule has 0 radical (unpaired) electrons. The van der Waals surface area contributed by atoms with Crippen molar-refractivity contribution in [3.8, 4) is 5.75 Å². The Morgan fingerprint density at radius 3 is 1.61 bits per heavy atom. The smallest absolute Gasteiger partial charge is 0.115 e. The molecule has 0 aliphatic carbocycles. The number of phenols is 1. The molecule has 0 saturated carbocycles. The first-order valence-corrected chi connectivity index (χ1v) is 6.58. The molecule has 0 bridgehead atoms. The lowest BCUT2D eigenvalue weighted by atomic mass is 9.62. The van der Waals surface area contributed by atoms with Crippen molar-refractivity contribution >= 4 is 0 Å². The van der Waals surface area contributed by atoms with Gasteiger partial charge in [0.25, 0.3) is 0 Å². The van der Waals surface area contributed by atoms with Crippen LogP contribution >= 0.6 is 0 Å². The Kier molecular flexibility index (Phi) is 4.12. The zero-order chi connectivity index (χ0) is 14.1. The third-order valence-electron chi connectivity index (χ3n) is 3.50. The second kappa shape index (κ2) is 4.93. The van der Waals surface area contributed by atoms with Gasteiger partial charge in [0.15, 0.2) is 0 Å². The summed E-state index contributed by atoms with van der Waals surface area (Å²) in [4.78, 5) is 0. The predicted molar refractivity (Wildman–Crippen MR) is 77.4 cm³/mol. The second-order valence-electron chi connectivity index (χ2n) is 7.33. The molecule has 0 fully saturated rings. The van der Waals surface area contributed by atoms with Gasteiger partial charge < -0.3 is 10.8 Å². The van der Waals surface area contributed by atoms with Crippen LogP contribution in [0.5, 0.6) is 5.75 Å². The third kappa shape index (κ3) is 3.49. The number of hydrogen-bond donors (Lipinski definition) is 2. The fourth-order valence-electron chi connectivity index (χ4n) is 3.27. The van der Waals surface area contributed by atoms with E-state index in [9.17, 15) is 5.11 Å². The monoisotopic (exact) mass is 249 g/mol. The molecule has 0 amide bonds. The van der Waals surface area contributed by atoms with E-state index in [0.29, 0.717) is 5.92 Å². The van der Waals surface area contributed by atoms with E-state index in [1.54, 1.807) is 12.1 Å². The summed E-state index contributed by atoms with van der Waals surface area (Å²) in [6.07, 6.45) is 0. The highest BCUT2D eigenvalue weighted by molar-refractivity contribution is 5.28. The van der Waals surface area contributed by atoms with Gasteiger partial charge in [-0.1, -0.05) is 53.7 Å². The Morgan fingerprint density at radius 1 is 0.889 bits per heavy atom. The summed E-state index contributed by atoms with van der Waals surface area (Å²) in [5.74, 6) is 0.642. The van der Waals surface area contributed by atoms with Gasteiger partial charge in [0.1, 0.15) is 5.75 Å². The number of hydrogen-bond acceptors (Lipinski definition) is 2. The molecule has 1 rings (SSSR count). The van der Waals surface area contributed by atoms with Crippen LogP contribution in [0.3, 0.4) is 0 Å². The minimum absolute atomic E-state index is 0.0226. The Balaban J connectivity index is 3.11. The van der Waals surface area contributed by atoms with Crippen molar-refractivity contribution in [2.75, 3.05) is 0 Å². The molecule has 2 nitrogen and oxygen atoms in total. The molecule has 1 aromatic carbocycles. The van der Waals surface area contributed by atoms with Gasteiger partial charge in [-0.15, -0.1) is 0 Å². The van der Waals surface area contributed by atoms with Gasteiger partial charge in [-0.2, -0.15) is 0 Å². The first kappa shape index (κ1) is 15.0. The molecule has 2 heteroatoms. The van der Waals surface area contributed by atoms with Crippen molar-refractivity contribution in [1.29, 1.82) is 0 Å². The number of rotatable bonds is 2. The number of nitrogens with two attached hydrogens (primary N) is 1. The molecular formula is C16H27NO. The molecule has 1 unspecified atom stereocenters. The van der Waals surface area contributed by atoms with Gasteiger partial charge >= 0.3 is 0 Å². The van der Waals surface area contributed by atoms with E-state index in [2.05, 4.69) is 41.5 Å². The fraction of sp³-hybridized carbons (Fsp3) is 0.625. The standard InChI is InChI=1S/C16H27NO/c1-15(2,3)14(16(4,5)6)13(17)11-7-9-12(18)10-8-11/h7-10,13-14,18H,17H2,1-6H3. The average molecular weight is 249 g/mol. The minimum atomic E-state index is -0.0226. The van der Waals surface area contributed by atoms with Crippen molar-refractivity contribution in [2.45, 2.75) is 47.6 Å². The lowest BCUT2D eigenvalue weighted by Gasteiger charge is -2.44. The van der Waals surface area contributed by atoms with E-state index < -0.39 is 0 Å². The largest absolute Gasteiger partial charge is 0.508 e. The maximum absolute atomic E-state index is 9.36. The number of aromatic hydroxyl groups is 1. The van der Waals surface area contributed by atoms with E-state index >= 15 is 0 Å². The molecule has 0 saturated heterocycles.